The number of carbonyl (C=O) groups is 2. The first kappa shape index (κ1) is 21.9. The molecule has 1 aromatic heterocycles. The highest BCUT2D eigenvalue weighted by Crippen LogP contribution is 2.52. The molecule has 1 aromatic carbocycles. The van der Waals surface area contributed by atoms with E-state index in [0.29, 0.717) is 25.6 Å². The third-order valence-electron chi connectivity index (χ3n) is 6.77. The number of hydrogen-bond acceptors (Lipinski definition) is 4. The molecule has 0 spiro atoms. The van der Waals surface area contributed by atoms with Crippen molar-refractivity contribution in [2.45, 2.75) is 19.9 Å². The summed E-state index contributed by atoms with van der Waals surface area (Å²) in [5.74, 6) is 1.67. The van der Waals surface area contributed by atoms with Crippen molar-refractivity contribution in [2.24, 2.45) is 28.7 Å². The van der Waals surface area contributed by atoms with Crippen molar-refractivity contribution in [1.82, 2.24) is 15.5 Å². The molecule has 4 atom stereocenters. The van der Waals surface area contributed by atoms with Gasteiger partial charge in [0.1, 0.15) is 11.3 Å². The number of rotatable bonds is 5. The number of furan rings is 1. The van der Waals surface area contributed by atoms with Crippen LogP contribution < -0.4 is 10.6 Å². The second-order valence-electron chi connectivity index (χ2n) is 8.33. The summed E-state index contributed by atoms with van der Waals surface area (Å²) in [6, 6.07) is 7.96. The van der Waals surface area contributed by atoms with Gasteiger partial charge in [-0.1, -0.05) is 30.4 Å². The Morgan fingerprint density at radius 1 is 1.13 bits per heavy atom. The van der Waals surface area contributed by atoms with Gasteiger partial charge < -0.3 is 15.1 Å². The lowest BCUT2D eigenvalue weighted by Crippen LogP contribution is -2.43. The average Bonchev–Trinajstić information content (AvgIpc) is 3.50. The third kappa shape index (κ3) is 3.64. The molecule has 0 radical (unpaired) electrons. The van der Waals surface area contributed by atoms with E-state index in [2.05, 4.69) is 27.8 Å². The van der Waals surface area contributed by atoms with Crippen molar-refractivity contribution in [2.75, 3.05) is 20.1 Å². The summed E-state index contributed by atoms with van der Waals surface area (Å²) < 4.78 is 5.93. The van der Waals surface area contributed by atoms with Gasteiger partial charge in [-0.05, 0) is 31.2 Å². The van der Waals surface area contributed by atoms with Crippen molar-refractivity contribution in [1.29, 1.82) is 0 Å². The molecule has 3 aliphatic rings. The van der Waals surface area contributed by atoms with Gasteiger partial charge in [0.25, 0.3) is 0 Å². The second kappa shape index (κ2) is 8.64. The Morgan fingerprint density at radius 3 is 2.45 bits per heavy atom. The highest BCUT2D eigenvalue weighted by Gasteiger charge is 2.58. The number of imide groups is 1. The number of amides is 2. The minimum atomic E-state index is -0.138. The molecule has 1 saturated carbocycles. The summed E-state index contributed by atoms with van der Waals surface area (Å²) in [4.78, 5) is 31.2. The molecule has 2 amide bonds. The number of halogens is 1. The van der Waals surface area contributed by atoms with Gasteiger partial charge in [-0.25, -0.2) is 0 Å². The summed E-state index contributed by atoms with van der Waals surface area (Å²) in [5.41, 5.74) is 1.98. The molecule has 1 aliphatic heterocycles. The molecule has 31 heavy (non-hydrogen) atoms. The standard InChI is InChI=1S/C23H26N4O3.HI/c1-13-16-5-3-4-6-17(16)30-18(13)12-26-23(24-2)25-9-10-27-21(28)19-14-7-8-15(11-14)20(19)22(27)29;/h3-8,14-15,19-20H,9-12H2,1-2H3,(H2,24,25,26);1H. The highest BCUT2D eigenvalue weighted by molar-refractivity contribution is 14.0. The summed E-state index contributed by atoms with van der Waals surface area (Å²) >= 11 is 0. The summed E-state index contributed by atoms with van der Waals surface area (Å²) in [5, 5.41) is 7.55. The van der Waals surface area contributed by atoms with Gasteiger partial charge in [0, 0.05) is 31.1 Å². The zero-order chi connectivity index (χ0) is 20.8. The van der Waals surface area contributed by atoms with Crippen LogP contribution in [0.5, 0.6) is 0 Å². The van der Waals surface area contributed by atoms with E-state index in [-0.39, 0.29) is 59.5 Å². The van der Waals surface area contributed by atoms with Crippen LogP contribution in [0.3, 0.4) is 0 Å². The first-order valence-electron chi connectivity index (χ1n) is 10.5. The van der Waals surface area contributed by atoms with Crippen LogP contribution in [0.1, 0.15) is 17.7 Å². The molecule has 1 saturated heterocycles. The minimum absolute atomic E-state index is 0. The molecule has 2 N–H and O–H groups in total. The predicted molar refractivity (Wildman–Crippen MR) is 129 cm³/mol. The quantitative estimate of drug-likeness (QED) is 0.203. The van der Waals surface area contributed by atoms with Gasteiger partial charge in [-0.3, -0.25) is 19.5 Å². The topological polar surface area (TPSA) is 86.9 Å². The maximum atomic E-state index is 12.8. The smallest absolute Gasteiger partial charge is 0.233 e. The lowest BCUT2D eigenvalue weighted by Gasteiger charge is -2.18. The van der Waals surface area contributed by atoms with E-state index < -0.39 is 0 Å². The lowest BCUT2D eigenvalue weighted by atomic mass is 9.85. The zero-order valence-electron chi connectivity index (χ0n) is 17.6. The Bertz CT molecular complexity index is 1050. The van der Waals surface area contributed by atoms with Gasteiger partial charge >= 0.3 is 0 Å². The summed E-state index contributed by atoms with van der Waals surface area (Å²) in [6.07, 6.45) is 5.19. The first-order chi connectivity index (χ1) is 14.6. The van der Waals surface area contributed by atoms with E-state index in [4.69, 9.17) is 4.42 Å². The van der Waals surface area contributed by atoms with Gasteiger partial charge in [0.2, 0.25) is 11.8 Å². The van der Waals surface area contributed by atoms with E-state index in [1.807, 2.05) is 31.2 Å². The van der Waals surface area contributed by atoms with E-state index in [1.54, 1.807) is 7.05 Å². The molecule has 2 aromatic rings. The molecule has 5 rings (SSSR count). The van der Waals surface area contributed by atoms with Crippen LogP contribution in [-0.2, 0) is 16.1 Å². The van der Waals surface area contributed by atoms with Crippen molar-refractivity contribution < 1.29 is 14.0 Å². The van der Waals surface area contributed by atoms with E-state index >= 15 is 0 Å². The van der Waals surface area contributed by atoms with Gasteiger partial charge in [-0.2, -0.15) is 0 Å². The van der Waals surface area contributed by atoms with Crippen LogP contribution in [0.4, 0.5) is 0 Å². The maximum absolute atomic E-state index is 12.8. The number of benzene rings is 1. The number of guanidine groups is 1. The number of aliphatic imine (C=N–C) groups is 1. The van der Waals surface area contributed by atoms with Crippen LogP contribution in [0.15, 0.2) is 45.8 Å². The lowest BCUT2D eigenvalue weighted by molar-refractivity contribution is -0.140. The number of aryl methyl sites for hydroxylation is 1. The molecule has 2 fully saturated rings. The normalized spacial score (nSPS) is 26.5. The van der Waals surface area contributed by atoms with Crippen molar-refractivity contribution in [3.05, 3.63) is 47.7 Å². The number of nitrogens with zero attached hydrogens (tertiary/aromatic N) is 2. The molecule has 2 heterocycles. The number of para-hydroxylation sites is 1. The van der Waals surface area contributed by atoms with Crippen LogP contribution >= 0.6 is 24.0 Å². The Balaban J connectivity index is 0.00000231. The predicted octanol–water partition coefficient (Wildman–Crippen LogP) is 2.83. The molecular weight excluding hydrogens is 507 g/mol. The number of likely N-dealkylation sites (tertiary alicyclic amines) is 1. The highest BCUT2D eigenvalue weighted by atomic mass is 127. The molecular formula is C23H27IN4O3. The fraction of sp³-hybridized carbons (Fsp3) is 0.435. The van der Waals surface area contributed by atoms with Gasteiger partial charge in [-0.15, -0.1) is 24.0 Å². The fourth-order valence-corrected chi connectivity index (χ4v) is 5.25. The monoisotopic (exact) mass is 534 g/mol. The van der Waals surface area contributed by atoms with Crippen molar-refractivity contribution in [3.8, 4) is 0 Å². The Labute approximate surface area is 198 Å². The van der Waals surface area contributed by atoms with E-state index in [9.17, 15) is 9.59 Å². The van der Waals surface area contributed by atoms with Crippen molar-refractivity contribution in [3.63, 3.8) is 0 Å². The number of allylic oxidation sites excluding steroid dienone is 2. The maximum Gasteiger partial charge on any atom is 0.233 e. The van der Waals surface area contributed by atoms with E-state index in [1.165, 1.54) is 4.90 Å². The minimum Gasteiger partial charge on any atom is -0.459 e. The first-order valence-corrected chi connectivity index (χ1v) is 10.5. The number of nitrogens with one attached hydrogen (secondary N) is 2. The Morgan fingerprint density at radius 2 is 1.81 bits per heavy atom. The SMILES string of the molecule is CN=C(NCCN1C(=O)C2C3C=CC(C3)C2C1=O)NCc1oc2ccccc2c1C.I. The van der Waals surface area contributed by atoms with Crippen LogP contribution in [0, 0.1) is 30.6 Å². The average molecular weight is 534 g/mol. The molecule has 164 valence electrons. The second-order valence-corrected chi connectivity index (χ2v) is 8.33. The summed E-state index contributed by atoms with van der Waals surface area (Å²) in [7, 11) is 1.70. The van der Waals surface area contributed by atoms with E-state index in [0.717, 1.165) is 28.7 Å². The number of carbonyl (C=O) groups excluding carboxylic acids is 2. The molecule has 4 unspecified atom stereocenters. The molecule has 7 nitrogen and oxygen atoms in total. The fourth-order valence-electron chi connectivity index (χ4n) is 5.25. The number of hydrogen-bond donors (Lipinski definition) is 2. The van der Waals surface area contributed by atoms with Crippen LogP contribution in [-0.4, -0.2) is 42.8 Å². The third-order valence-corrected chi connectivity index (χ3v) is 6.77. The molecule has 2 aliphatic carbocycles. The van der Waals surface area contributed by atoms with Crippen LogP contribution in [0.25, 0.3) is 11.0 Å². The Hall–Kier alpha value is -2.36. The Kier molecular flexibility index (Phi) is 6.09. The van der Waals surface area contributed by atoms with Crippen molar-refractivity contribution >= 4 is 52.7 Å². The molecule has 2 bridgehead atoms. The number of fused-ring (bicyclic) bond motifs is 6. The summed E-state index contributed by atoms with van der Waals surface area (Å²) in [6.45, 7) is 3.36. The van der Waals surface area contributed by atoms with Gasteiger partial charge in [0.05, 0.1) is 18.4 Å². The molecule has 8 heteroatoms. The van der Waals surface area contributed by atoms with Gasteiger partial charge in [0.15, 0.2) is 5.96 Å². The largest absolute Gasteiger partial charge is 0.459 e. The van der Waals surface area contributed by atoms with Crippen LogP contribution in [0.2, 0.25) is 0 Å². The zero-order valence-corrected chi connectivity index (χ0v) is 20.0.